The van der Waals surface area contributed by atoms with Crippen LogP contribution in [0.25, 0.3) is 0 Å². The van der Waals surface area contributed by atoms with Crippen molar-refractivity contribution in [3.63, 3.8) is 0 Å². The van der Waals surface area contributed by atoms with Gasteiger partial charge in [0.05, 0.1) is 0 Å². The van der Waals surface area contributed by atoms with Crippen LogP contribution < -0.4 is 5.56 Å². The average Bonchev–Trinajstić information content (AvgIpc) is 1.81. The van der Waals surface area contributed by atoms with Gasteiger partial charge < -0.3 is 4.98 Å². The van der Waals surface area contributed by atoms with E-state index in [2.05, 4.69) is 4.98 Å². The van der Waals surface area contributed by atoms with Gasteiger partial charge in [-0.2, -0.15) is 0 Å². The number of hydrogen-bond acceptors (Lipinski definition) is 2. The van der Waals surface area contributed by atoms with Gasteiger partial charge in [-0.3, -0.25) is 9.59 Å². The fraction of sp³-hybridized carbons (Fsp3) is 0.143. The molecule has 0 aliphatic carbocycles. The van der Waals surface area contributed by atoms with E-state index in [1.54, 1.807) is 0 Å². The van der Waals surface area contributed by atoms with E-state index in [4.69, 9.17) is 23.2 Å². The minimum absolute atomic E-state index is 0.0190. The van der Waals surface area contributed by atoms with E-state index in [0.717, 1.165) is 0 Å². The van der Waals surface area contributed by atoms with Crippen LogP contribution in [0.3, 0.4) is 0 Å². The molecule has 0 saturated heterocycles. The Morgan fingerprint density at radius 2 is 2.17 bits per heavy atom. The van der Waals surface area contributed by atoms with Crippen molar-refractivity contribution in [3.05, 3.63) is 33.2 Å². The average molecular weight is 206 g/mol. The number of carbonyl (C=O) groups excluding carboxylic acids is 1. The molecule has 1 aromatic rings. The minimum Gasteiger partial charge on any atom is -0.313 e. The molecular weight excluding hydrogens is 201 g/mol. The van der Waals surface area contributed by atoms with E-state index in [9.17, 15) is 9.59 Å². The lowest BCUT2D eigenvalue weighted by molar-refractivity contribution is -0.111. The zero-order chi connectivity index (χ0) is 9.14. The lowest BCUT2D eigenvalue weighted by Gasteiger charge is -1.95. The Hall–Kier alpha value is -0.800. The lowest BCUT2D eigenvalue weighted by Crippen LogP contribution is -2.07. The van der Waals surface area contributed by atoms with Crippen LogP contribution in [0.4, 0.5) is 0 Å². The second-order valence-corrected chi connectivity index (χ2v) is 3.06. The number of halogens is 2. The molecule has 0 atom stereocenters. The molecule has 0 aromatic carbocycles. The van der Waals surface area contributed by atoms with Gasteiger partial charge in [-0.05, 0) is 23.2 Å². The van der Waals surface area contributed by atoms with Gasteiger partial charge in [0.2, 0.25) is 10.8 Å². The van der Waals surface area contributed by atoms with Gasteiger partial charge in [-0.25, -0.2) is 0 Å². The molecule has 1 N–H and O–H groups in total. The van der Waals surface area contributed by atoms with Crippen molar-refractivity contribution in [2.45, 2.75) is 6.42 Å². The molecule has 0 aliphatic heterocycles. The van der Waals surface area contributed by atoms with Crippen LogP contribution >= 0.6 is 23.2 Å². The number of hydrogen-bond donors (Lipinski definition) is 1. The Morgan fingerprint density at radius 1 is 1.50 bits per heavy atom. The van der Waals surface area contributed by atoms with Gasteiger partial charge >= 0.3 is 0 Å². The third kappa shape index (κ3) is 2.68. The molecule has 5 heteroatoms. The zero-order valence-corrected chi connectivity index (χ0v) is 7.45. The van der Waals surface area contributed by atoms with Crippen LogP contribution in [-0.4, -0.2) is 10.2 Å². The molecule has 0 amide bonds. The Bertz CT molecular complexity index is 359. The summed E-state index contributed by atoms with van der Waals surface area (Å²) in [6, 6.07) is 2.77. The van der Waals surface area contributed by atoms with Crippen molar-refractivity contribution in [1.29, 1.82) is 0 Å². The van der Waals surface area contributed by atoms with Crippen LogP contribution in [0.15, 0.2) is 16.9 Å². The lowest BCUT2D eigenvalue weighted by atomic mass is 10.2. The molecule has 1 rings (SSSR count). The molecule has 0 fully saturated rings. The second-order valence-electron chi connectivity index (χ2n) is 2.23. The zero-order valence-electron chi connectivity index (χ0n) is 5.93. The molecule has 1 aromatic heterocycles. The predicted octanol–water partition coefficient (Wildman–Crippen LogP) is 1.34. The molecule has 0 aliphatic rings. The predicted molar refractivity (Wildman–Crippen MR) is 46.6 cm³/mol. The highest BCUT2D eigenvalue weighted by Crippen LogP contribution is 2.06. The van der Waals surface area contributed by atoms with Crippen LogP contribution in [0, 0.1) is 0 Å². The summed E-state index contributed by atoms with van der Waals surface area (Å²) in [5, 5.41) is -0.313. The first-order chi connectivity index (χ1) is 5.58. The summed E-state index contributed by atoms with van der Waals surface area (Å²) in [5.41, 5.74) is 0.180. The topological polar surface area (TPSA) is 49.9 Å². The van der Waals surface area contributed by atoms with Crippen LogP contribution in [0.5, 0.6) is 0 Å². The third-order valence-electron chi connectivity index (χ3n) is 1.21. The third-order valence-corrected chi connectivity index (χ3v) is 1.55. The molecule has 0 radical (unpaired) electrons. The minimum atomic E-state index is -0.517. The van der Waals surface area contributed by atoms with E-state index in [1.807, 2.05) is 0 Å². The summed E-state index contributed by atoms with van der Waals surface area (Å²) in [5.74, 6) is 0. The fourth-order valence-corrected chi connectivity index (χ4v) is 1.21. The summed E-state index contributed by atoms with van der Waals surface area (Å²) < 4.78 is 0. The molecular formula is C7H5Cl2NO2. The second kappa shape index (κ2) is 3.74. The number of rotatable bonds is 2. The van der Waals surface area contributed by atoms with Crippen LogP contribution in [-0.2, 0) is 11.2 Å². The number of pyridine rings is 1. The number of aromatic nitrogens is 1. The van der Waals surface area contributed by atoms with E-state index < -0.39 is 5.24 Å². The van der Waals surface area contributed by atoms with Crippen molar-refractivity contribution in [1.82, 2.24) is 4.98 Å². The smallest absolute Gasteiger partial charge is 0.249 e. The Balaban J connectivity index is 3.01. The normalized spacial score (nSPS) is 9.83. The monoisotopic (exact) mass is 205 g/mol. The molecule has 3 nitrogen and oxygen atoms in total. The van der Waals surface area contributed by atoms with Crippen molar-refractivity contribution < 1.29 is 4.79 Å². The maximum absolute atomic E-state index is 10.8. The first-order valence-corrected chi connectivity index (χ1v) is 3.90. The van der Waals surface area contributed by atoms with Crippen molar-refractivity contribution in [2.24, 2.45) is 0 Å². The first kappa shape index (κ1) is 9.29. The van der Waals surface area contributed by atoms with E-state index in [0.29, 0.717) is 5.56 Å². The number of carbonyl (C=O) groups is 1. The highest BCUT2D eigenvalue weighted by atomic mass is 35.5. The van der Waals surface area contributed by atoms with Gasteiger partial charge in [-0.15, -0.1) is 0 Å². The highest BCUT2D eigenvalue weighted by Gasteiger charge is 2.01. The Kier molecular flexibility index (Phi) is 2.89. The van der Waals surface area contributed by atoms with E-state index >= 15 is 0 Å². The largest absolute Gasteiger partial charge is 0.313 e. The van der Waals surface area contributed by atoms with E-state index in [-0.39, 0.29) is 17.1 Å². The molecule has 0 unspecified atom stereocenters. The molecule has 12 heavy (non-hydrogen) atoms. The molecule has 0 spiro atoms. The van der Waals surface area contributed by atoms with Crippen molar-refractivity contribution >= 4 is 28.4 Å². The van der Waals surface area contributed by atoms with E-state index in [1.165, 1.54) is 12.1 Å². The number of aromatic amines is 1. The summed E-state index contributed by atoms with van der Waals surface area (Å²) in [6.45, 7) is 0. The molecule has 0 saturated carbocycles. The van der Waals surface area contributed by atoms with Gasteiger partial charge in [-0.1, -0.05) is 11.6 Å². The number of H-pyrrole nitrogens is 1. The Morgan fingerprint density at radius 3 is 2.67 bits per heavy atom. The van der Waals surface area contributed by atoms with Gasteiger partial charge in [0, 0.05) is 12.5 Å². The number of nitrogens with one attached hydrogen (secondary N) is 1. The fourth-order valence-electron chi connectivity index (χ4n) is 0.825. The molecule has 64 valence electrons. The summed E-state index contributed by atoms with van der Waals surface area (Å²) in [6.07, 6.45) is 0.0190. The van der Waals surface area contributed by atoms with Gasteiger partial charge in [0.25, 0.3) is 0 Å². The summed E-state index contributed by atoms with van der Waals surface area (Å²) in [4.78, 5) is 23.6. The van der Waals surface area contributed by atoms with Gasteiger partial charge in [0.1, 0.15) is 5.15 Å². The summed E-state index contributed by atoms with van der Waals surface area (Å²) >= 11 is 10.6. The maximum atomic E-state index is 10.8. The van der Waals surface area contributed by atoms with Crippen LogP contribution in [0.1, 0.15) is 5.56 Å². The van der Waals surface area contributed by atoms with Crippen molar-refractivity contribution in [3.8, 4) is 0 Å². The van der Waals surface area contributed by atoms with Crippen molar-refractivity contribution in [2.75, 3.05) is 0 Å². The van der Waals surface area contributed by atoms with Crippen LogP contribution in [0.2, 0.25) is 5.15 Å². The maximum Gasteiger partial charge on any atom is 0.249 e. The molecule has 0 bridgehead atoms. The van der Waals surface area contributed by atoms with Gasteiger partial charge in [0.15, 0.2) is 0 Å². The highest BCUT2D eigenvalue weighted by molar-refractivity contribution is 6.63. The Labute approximate surface area is 78.3 Å². The molecule has 1 heterocycles. The first-order valence-electron chi connectivity index (χ1n) is 3.15. The quantitative estimate of drug-likeness (QED) is 0.586. The summed E-state index contributed by atoms with van der Waals surface area (Å²) in [7, 11) is 0. The standard InChI is InChI=1S/C7H5Cl2NO2/c8-5-1-4(2-6(9)11)3-7(12)10-5/h1,3H,2H2,(H,10,12). The SMILES string of the molecule is O=C(Cl)Cc1cc(Cl)[nH]c(=O)c1.